The highest BCUT2D eigenvalue weighted by Gasteiger charge is 2.26. The maximum Gasteiger partial charge on any atom is 0.245 e. The van der Waals surface area contributed by atoms with Gasteiger partial charge in [0.1, 0.15) is 6.04 Å². The van der Waals surface area contributed by atoms with Crippen LogP contribution in [0, 0.1) is 0 Å². The Morgan fingerprint density at radius 3 is 2.70 bits per heavy atom. The fourth-order valence-electron chi connectivity index (χ4n) is 3.35. The molecule has 0 unspecified atom stereocenters. The van der Waals surface area contributed by atoms with Crippen LogP contribution in [0.4, 0.5) is 0 Å². The van der Waals surface area contributed by atoms with Crippen molar-refractivity contribution in [2.45, 2.75) is 25.9 Å². The zero-order chi connectivity index (χ0) is 15.8. The molecule has 4 heteroatoms. The highest BCUT2D eigenvalue weighted by Crippen LogP contribution is 2.23. The van der Waals surface area contributed by atoms with Gasteiger partial charge in [0.05, 0.1) is 17.4 Å². The van der Waals surface area contributed by atoms with E-state index in [-0.39, 0.29) is 11.9 Å². The first-order valence-electron chi connectivity index (χ1n) is 8.01. The molecule has 0 aliphatic carbocycles. The molecule has 1 amide bonds. The third-order valence-electron chi connectivity index (χ3n) is 4.70. The number of para-hydroxylation sites is 2. The SMILES string of the molecule is C[C@@H](C(=O)N1CCc2ccccc2C1)n1cnc2ccccc21. The van der Waals surface area contributed by atoms with Gasteiger partial charge in [0, 0.05) is 13.1 Å². The molecular weight excluding hydrogens is 286 g/mol. The topological polar surface area (TPSA) is 38.1 Å². The van der Waals surface area contributed by atoms with Gasteiger partial charge >= 0.3 is 0 Å². The number of aromatic nitrogens is 2. The molecule has 0 N–H and O–H groups in total. The van der Waals surface area contributed by atoms with Crippen molar-refractivity contribution in [1.29, 1.82) is 0 Å². The van der Waals surface area contributed by atoms with E-state index in [9.17, 15) is 4.79 Å². The molecule has 3 aromatic rings. The predicted octanol–water partition coefficient (Wildman–Crippen LogP) is 3.18. The molecule has 1 aliphatic rings. The summed E-state index contributed by atoms with van der Waals surface area (Å²) in [7, 11) is 0. The maximum absolute atomic E-state index is 12.9. The van der Waals surface area contributed by atoms with Crippen molar-refractivity contribution in [2.75, 3.05) is 6.54 Å². The molecule has 116 valence electrons. The fraction of sp³-hybridized carbons (Fsp3) is 0.263. The molecule has 1 atom stereocenters. The molecule has 1 aliphatic heterocycles. The first-order chi connectivity index (χ1) is 11.2. The Hall–Kier alpha value is -2.62. The minimum absolute atomic E-state index is 0.155. The van der Waals surface area contributed by atoms with Gasteiger partial charge in [-0.1, -0.05) is 36.4 Å². The van der Waals surface area contributed by atoms with Crippen molar-refractivity contribution in [3.05, 3.63) is 66.0 Å². The molecule has 23 heavy (non-hydrogen) atoms. The number of hydrogen-bond donors (Lipinski definition) is 0. The number of hydrogen-bond acceptors (Lipinski definition) is 2. The highest BCUT2D eigenvalue weighted by molar-refractivity contribution is 5.83. The van der Waals surface area contributed by atoms with Gasteiger partial charge in [-0.15, -0.1) is 0 Å². The number of fused-ring (bicyclic) bond motifs is 2. The van der Waals surface area contributed by atoms with Gasteiger partial charge in [-0.2, -0.15) is 0 Å². The van der Waals surface area contributed by atoms with Crippen molar-refractivity contribution in [1.82, 2.24) is 14.5 Å². The van der Waals surface area contributed by atoms with E-state index in [1.54, 1.807) is 6.33 Å². The van der Waals surface area contributed by atoms with Gasteiger partial charge < -0.3 is 9.47 Å². The Kier molecular flexibility index (Phi) is 3.37. The standard InChI is InChI=1S/C19H19N3O/c1-14(22-13-20-17-8-4-5-9-18(17)22)19(23)21-11-10-15-6-2-3-7-16(15)12-21/h2-9,13-14H,10-12H2,1H3/t14-/m0/s1. The second kappa shape index (κ2) is 5.54. The van der Waals surface area contributed by atoms with Gasteiger partial charge in [0.25, 0.3) is 0 Å². The molecule has 2 heterocycles. The Labute approximate surface area is 135 Å². The lowest BCUT2D eigenvalue weighted by molar-refractivity contribution is -0.135. The van der Waals surface area contributed by atoms with Gasteiger partial charge in [-0.25, -0.2) is 4.98 Å². The second-order valence-electron chi connectivity index (χ2n) is 6.10. The average Bonchev–Trinajstić information content (AvgIpc) is 3.04. The number of benzene rings is 2. The van der Waals surface area contributed by atoms with Crippen LogP contribution < -0.4 is 0 Å². The quantitative estimate of drug-likeness (QED) is 0.729. The highest BCUT2D eigenvalue weighted by atomic mass is 16.2. The van der Waals surface area contributed by atoms with Crippen LogP contribution >= 0.6 is 0 Å². The molecule has 0 fully saturated rings. The molecule has 4 nitrogen and oxygen atoms in total. The van der Waals surface area contributed by atoms with Crippen molar-refractivity contribution in [3.63, 3.8) is 0 Å². The Balaban J connectivity index is 1.60. The zero-order valence-corrected chi connectivity index (χ0v) is 13.1. The normalized spacial score (nSPS) is 15.4. The molecule has 0 spiro atoms. The van der Waals surface area contributed by atoms with Crippen LogP contribution in [-0.2, 0) is 17.8 Å². The Morgan fingerprint density at radius 2 is 1.83 bits per heavy atom. The van der Waals surface area contributed by atoms with Crippen LogP contribution in [0.1, 0.15) is 24.1 Å². The number of carbonyl (C=O) groups is 1. The largest absolute Gasteiger partial charge is 0.336 e. The van der Waals surface area contributed by atoms with Crippen LogP contribution in [0.15, 0.2) is 54.9 Å². The van der Waals surface area contributed by atoms with E-state index in [1.165, 1.54) is 11.1 Å². The van der Waals surface area contributed by atoms with E-state index in [1.807, 2.05) is 46.7 Å². The smallest absolute Gasteiger partial charge is 0.245 e. The van der Waals surface area contributed by atoms with Crippen molar-refractivity contribution in [2.24, 2.45) is 0 Å². The summed E-state index contributed by atoms with van der Waals surface area (Å²) in [4.78, 5) is 19.3. The van der Waals surface area contributed by atoms with E-state index >= 15 is 0 Å². The molecule has 0 bridgehead atoms. The summed E-state index contributed by atoms with van der Waals surface area (Å²) in [6.07, 6.45) is 2.70. The van der Waals surface area contributed by atoms with E-state index in [0.29, 0.717) is 6.54 Å². The van der Waals surface area contributed by atoms with Crippen LogP contribution in [-0.4, -0.2) is 26.9 Å². The summed E-state index contributed by atoms with van der Waals surface area (Å²) in [6, 6.07) is 16.1. The van der Waals surface area contributed by atoms with E-state index in [4.69, 9.17) is 0 Å². The van der Waals surface area contributed by atoms with Crippen molar-refractivity contribution in [3.8, 4) is 0 Å². The van der Waals surface area contributed by atoms with E-state index in [2.05, 4.69) is 23.2 Å². The lowest BCUT2D eigenvalue weighted by atomic mass is 9.99. The maximum atomic E-state index is 12.9. The average molecular weight is 305 g/mol. The van der Waals surface area contributed by atoms with Gasteiger partial charge in [0.15, 0.2) is 0 Å². The van der Waals surface area contributed by atoms with Gasteiger partial charge in [-0.3, -0.25) is 4.79 Å². The number of nitrogens with zero attached hydrogens (tertiary/aromatic N) is 3. The second-order valence-corrected chi connectivity index (χ2v) is 6.10. The Morgan fingerprint density at radius 1 is 1.09 bits per heavy atom. The number of rotatable bonds is 2. The first kappa shape index (κ1) is 14.0. The van der Waals surface area contributed by atoms with Crippen LogP contribution in [0.2, 0.25) is 0 Å². The van der Waals surface area contributed by atoms with Crippen LogP contribution in [0.3, 0.4) is 0 Å². The minimum atomic E-state index is -0.243. The molecule has 2 aromatic carbocycles. The third-order valence-corrected chi connectivity index (χ3v) is 4.70. The predicted molar refractivity (Wildman–Crippen MR) is 90.0 cm³/mol. The summed E-state index contributed by atoms with van der Waals surface area (Å²) in [5.41, 5.74) is 4.55. The molecule has 0 saturated heterocycles. The van der Waals surface area contributed by atoms with Gasteiger partial charge in [0.2, 0.25) is 5.91 Å². The lowest BCUT2D eigenvalue weighted by Gasteiger charge is -2.31. The van der Waals surface area contributed by atoms with Crippen LogP contribution in [0.25, 0.3) is 11.0 Å². The third kappa shape index (κ3) is 2.40. The van der Waals surface area contributed by atoms with E-state index < -0.39 is 0 Å². The monoisotopic (exact) mass is 305 g/mol. The van der Waals surface area contributed by atoms with Crippen molar-refractivity contribution < 1.29 is 4.79 Å². The molecule has 1 aromatic heterocycles. The summed E-state index contributed by atoms with van der Waals surface area (Å²) in [5, 5.41) is 0. The fourth-order valence-corrected chi connectivity index (χ4v) is 3.35. The molecule has 4 rings (SSSR count). The lowest BCUT2D eigenvalue weighted by Crippen LogP contribution is -2.39. The number of imidazole rings is 1. The summed E-state index contributed by atoms with van der Waals surface area (Å²) in [6.45, 7) is 3.44. The summed E-state index contributed by atoms with van der Waals surface area (Å²) >= 11 is 0. The minimum Gasteiger partial charge on any atom is -0.336 e. The molecular formula is C19H19N3O. The number of carbonyl (C=O) groups excluding carboxylic acids is 1. The van der Waals surface area contributed by atoms with Gasteiger partial charge in [-0.05, 0) is 36.6 Å². The van der Waals surface area contributed by atoms with Crippen molar-refractivity contribution >= 4 is 16.9 Å². The van der Waals surface area contributed by atoms with E-state index in [0.717, 1.165) is 24.0 Å². The van der Waals surface area contributed by atoms with Crippen LogP contribution in [0.5, 0.6) is 0 Å². The number of amides is 1. The zero-order valence-electron chi connectivity index (χ0n) is 13.1. The summed E-state index contributed by atoms with van der Waals surface area (Å²) in [5.74, 6) is 0.155. The Bertz CT molecular complexity index is 868. The molecule has 0 saturated carbocycles. The molecule has 0 radical (unpaired) electrons. The summed E-state index contributed by atoms with van der Waals surface area (Å²) < 4.78 is 1.97. The first-order valence-corrected chi connectivity index (χ1v) is 8.01.